The minimum absolute atomic E-state index is 0.00554. The van der Waals surface area contributed by atoms with Gasteiger partial charge in [0.2, 0.25) is 11.8 Å². The highest BCUT2D eigenvalue weighted by Crippen LogP contribution is 2.07. The molecule has 0 fully saturated rings. The molecule has 2 rings (SSSR count). The monoisotopic (exact) mass is 330 g/mol. The molecule has 2 aromatic heterocycles. The van der Waals surface area contributed by atoms with Crippen molar-refractivity contribution in [1.82, 2.24) is 15.5 Å². The van der Waals surface area contributed by atoms with Gasteiger partial charge in [0.05, 0.1) is 0 Å². The number of hydrogen-bond acceptors (Lipinski definition) is 6. The van der Waals surface area contributed by atoms with Crippen molar-refractivity contribution >= 4 is 23.4 Å². The van der Waals surface area contributed by atoms with Gasteiger partial charge in [-0.25, -0.2) is 0 Å². The fraction of sp³-hybridized carbons (Fsp3) is 0.312. The summed E-state index contributed by atoms with van der Waals surface area (Å²) in [4.78, 5) is 39.5. The smallest absolute Gasteiger partial charge is 0.247 e. The molecule has 126 valence electrons. The Balaban J connectivity index is 1.77. The number of aromatic nitrogens is 2. The maximum absolute atomic E-state index is 11.9. The lowest BCUT2D eigenvalue weighted by Gasteiger charge is -2.12. The topological polar surface area (TPSA) is 114 Å². The van der Waals surface area contributed by atoms with Gasteiger partial charge >= 0.3 is 0 Å². The largest absolute Gasteiger partial charge is 0.360 e. The number of pyridine rings is 1. The van der Waals surface area contributed by atoms with Gasteiger partial charge in [-0.05, 0) is 26.0 Å². The highest BCUT2D eigenvalue weighted by molar-refractivity contribution is 5.99. The quantitative estimate of drug-likeness (QED) is 0.743. The van der Waals surface area contributed by atoms with Crippen molar-refractivity contribution in [3.63, 3.8) is 0 Å². The number of nitrogens with zero attached hydrogens (tertiary/aromatic N) is 2. The molecule has 2 aromatic rings. The Labute approximate surface area is 138 Å². The second-order valence-corrected chi connectivity index (χ2v) is 5.27. The molecule has 2 amide bonds. The summed E-state index contributed by atoms with van der Waals surface area (Å²) in [5.74, 6) is -0.129. The maximum atomic E-state index is 11.9. The summed E-state index contributed by atoms with van der Waals surface area (Å²) in [6.45, 7) is 3.25. The van der Waals surface area contributed by atoms with E-state index in [-0.39, 0.29) is 30.3 Å². The van der Waals surface area contributed by atoms with Crippen molar-refractivity contribution in [1.29, 1.82) is 0 Å². The van der Waals surface area contributed by atoms with Crippen LogP contribution in [0.5, 0.6) is 0 Å². The van der Waals surface area contributed by atoms with Crippen LogP contribution in [-0.4, -0.2) is 33.8 Å². The van der Waals surface area contributed by atoms with Crippen LogP contribution in [0.2, 0.25) is 0 Å². The summed E-state index contributed by atoms with van der Waals surface area (Å²) in [5.41, 5.74) is 0.456. The average Bonchev–Trinajstić information content (AvgIpc) is 2.98. The molecule has 2 N–H and O–H groups in total. The number of anilines is 1. The lowest BCUT2D eigenvalue weighted by atomic mass is 10.1. The molecule has 24 heavy (non-hydrogen) atoms. The summed E-state index contributed by atoms with van der Waals surface area (Å²) >= 11 is 0. The summed E-state index contributed by atoms with van der Waals surface area (Å²) in [6, 6.07) is 4.11. The van der Waals surface area contributed by atoms with Gasteiger partial charge in [0.15, 0.2) is 11.6 Å². The molecule has 8 nitrogen and oxygen atoms in total. The molecule has 0 aromatic carbocycles. The van der Waals surface area contributed by atoms with Crippen molar-refractivity contribution in [2.75, 3.05) is 5.32 Å². The molecular weight excluding hydrogens is 312 g/mol. The van der Waals surface area contributed by atoms with Gasteiger partial charge in [0, 0.05) is 36.9 Å². The maximum Gasteiger partial charge on any atom is 0.247 e. The zero-order valence-corrected chi connectivity index (χ0v) is 13.4. The average molecular weight is 330 g/mol. The van der Waals surface area contributed by atoms with Crippen LogP contribution in [0.15, 0.2) is 35.1 Å². The second-order valence-electron chi connectivity index (χ2n) is 5.27. The number of hydrogen-bond donors (Lipinski definition) is 2. The third-order valence-corrected chi connectivity index (χ3v) is 3.21. The van der Waals surface area contributed by atoms with E-state index in [1.807, 2.05) is 0 Å². The SMILES string of the molecule is Cc1cc(NC(=O)C(C)NC(=O)CCC(=O)c2cccnc2)no1. The van der Waals surface area contributed by atoms with E-state index in [0.717, 1.165) is 0 Å². The predicted molar refractivity (Wildman–Crippen MR) is 85.3 cm³/mol. The van der Waals surface area contributed by atoms with Gasteiger partial charge in [-0.2, -0.15) is 0 Å². The van der Waals surface area contributed by atoms with E-state index in [1.54, 1.807) is 38.2 Å². The second kappa shape index (κ2) is 8.00. The van der Waals surface area contributed by atoms with E-state index >= 15 is 0 Å². The van der Waals surface area contributed by atoms with Crippen molar-refractivity contribution in [3.05, 3.63) is 41.9 Å². The third-order valence-electron chi connectivity index (χ3n) is 3.21. The standard InChI is InChI=1S/C16H18N4O4/c1-10-8-14(20-24-10)19-16(23)11(2)18-15(22)6-5-13(21)12-4-3-7-17-9-12/h3-4,7-9,11H,5-6H2,1-2H3,(H,18,22)(H,19,20,23). The number of carbonyl (C=O) groups excluding carboxylic acids is 3. The van der Waals surface area contributed by atoms with Crippen molar-refractivity contribution in [2.24, 2.45) is 0 Å². The number of carbonyl (C=O) groups is 3. The Morgan fingerprint density at radius 3 is 2.71 bits per heavy atom. The van der Waals surface area contributed by atoms with E-state index in [9.17, 15) is 14.4 Å². The van der Waals surface area contributed by atoms with Crippen LogP contribution in [0.4, 0.5) is 5.82 Å². The predicted octanol–water partition coefficient (Wildman–Crippen LogP) is 1.48. The lowest BCUT2D eigenvalue weighted by Crippen LogP contribution is -2.41. The first-order chi connectivity index (χ1) is 11.5. The van der Waals surface area contributed by atoms with Crippen molar-refractivity contribution in [3.8, 4) is 0 Å². The number of amides is 2. The van der Waals surface area contributed by atoms with Gasteiger partial charge < -0.3 is 15.2 Å². The number of aryl methyl sites for hydroxylation is 1. The Bertz CT molecular complexity index is 727. The Morgan fingerprint density at radius 2 is 2.08 bits per heavy atom. The first kappa shape index (κ1) is 17.3. The van der Waals surface area contributed by atoms with Crippen LogP contribution < -0.4 is 10.6 Å². The van der Waals surface area contributed by atoms with Gasteiger partial charge in [-0.15, -0.1) is 0 Å². The number of nitrogens with one attached hydrogen (secondary N) is 2. The molecule has 0 aliphatic carbocycles. The molecular formula is C16H18N4O4. The number of Topliss-reactive ketones (excluding diaryl/α,β-unsaturated/α-hetero) is 1. The Kier molecular flexibility index (Phi) is 5.78. The molecule has 8 heteroatoms. The molecule has 1 atom stereocenters. The van der Waals surface area contributed by atoms with Crippen LogP contribution in [0.1, 0.15) is 35.9 Å². The summed E-state index contributed by atoms with van der Waals surface area (Å²) in [6.07, 6.45) is 3.07. The fourth-order valence-corrected chi connectivity index (χ4v) is 1.94. The molecule has 0 bridgehead atoms. The molecule has 0 spiro atoms. The van der Waals surface area contributed by atoms with Gasteiger partial charge in [0.25, 0.3) is 0 Å². The van der Waals surface area contributed by atoms with E-state index in [4.69, 9.17) is 4.52 Å². The van der Waals surface area contributed by atoms with Crippen LogP contribution in [0, 0.1) is 6.92 Å². The molecule has 1 unspecified atom stereocenters. The van der Waals surface area contributed by atoms with Crippen molar-refractivity contribution in [2.45, 2.75) is 32.7 Å². The molecule has 0 saturated heterocycles. The molecule has 0 saturated carbocycles. The van der Waals surface area contributed by atoms with E-state index < -0.39 is 11.9 Å². The van der Waals surface area contributed by atoms with Gasteiger partial charge in [0.1, 0.15) is 11.8 Å². The summed E-state index contributed by atoms with van der Waals surface area (Å²) < 4.78 is 4.84. The normalized spacial score (nSPS) is 11.6. The fourth-order valence-electron chi connectivity index (χ4n) is 1.94. The third kappa shape index (κ3) is 5.01. The molecule has 0 aliphatic rings. The van der Waals surface area contributed by atoms with Gasteiger partial charge in [-0.1, -0.05) is 5.16 Å². The Hall–Kier alpha value is -3.03. The highest BCUT2D eigenvalue weighted by atomic mass is 16.5. The molecule has 2 heterocycles. The zero-order chi connectivity index (χ0) is 17.5. The van der Waals surface area contributed by atoms with E-state index in [1.165, 1.54) is 6.20 Å². The number of ketones is 1. The van der Waals surface area contributed by atoms with Crippen LogP contribution >= 0.6 is 0 Å². The number of rotatable bonds is 7. The minimum atomic E-state index is -0.761. The summed E-state index contributed by atoms with van der Waals surface area (Å²) in [7, 11) is 0. The summed E-state index contributed by atoms with van der Waals surface area (Å²) in [5, 5.41) is 8.70. The first-order valence-electron chi connectivity index (χ1n) is 7.42. The van der Waals surface area contributed by atoms with Crippen LogP contribution in [0.3, 0.4) is 0 Å². The molecule has 0 radical (unpaired) electrons. The Morgan fingerprint density at radius 1 is 1.29 bits per heavy atom. The zero-order valence-electron chi connectivity index (χ0n) is 13.4. The van der Waals surface area contributed by atoms with Crippen LogP contribution in [0.25, 0.3) is 0 Å². The minimum Gasteiger partial charge on any atom is -0.360 e. The molecule has 0 aliphatic heterocycles. The van der Waals surface area contributed by atoms with E-state index in [0.29, 0.717) is 11.3 Å². The van der Waals surface area contributed by atoms with Crippen LogP contribution in [-0.2, 0) is 9.59 Å². The van der Waals surface area contributed by atoms with Crippen molar-refractivity contribution < 1.29 is 18.9 Å². The first-order valence-corrected chi connectivity index (χ1v) is 7.42. The van der Waals surface area contributed by atoms with Gasteiger partial charge in [-0.3, -0.25) is 19.4 Å². The lowest BCUT2D eigenvalue weighted by molar-refractivity contribution is -0.126. The van der Waals surface area contributed by atoms with E-state index in [2.05, 4.69) is 20.8 Å². The highest BCUT2D eigenvalue weighted by Gasteiger charge is 2.18.